The lowest BCUT2D eigenvalue weighted by atomic mass is 10.2. The zero-order valence-corrected chi connectivity index (χ0v) is 16.4. The summed E-state index contributed by atoms with van der Waals surface area (Å²) < 4.78 is 13.3. The Kier molecular flexibility index (Phi) is 5.70. The number of hydrogen-bond acceptors (Lipinski definition) is 5. The number of hydrogen-bond donors (Lipinski definition) is 1. The smallest absolute Gasteiger partial charge is 0.255 e. The molecule has 7 heteroatoms. The van der Waals surface area contributed by atoms with Crippen LogP contribution >= 0.6 is 0 Å². The van der Waals surface area contributed by atoms with Crippen molar-refractivity contribution in [1.29, 1.82) is 0 Å². The van der Waals surface area contributed by atoms with E-state index in [1.165, 1.54) is 0 Å². The maximum Gasteiger partial charge on any atom is 0.255 e. The molecule has 0 saturated carbocycles. The molecule has 2 heterocycles. The second-order valence-electron chi connectivity index (χ2n) is 6.53. The van der Waals surface area contributed by atoms with Crippen molar-refractivity contribution in [3.05, 3.63) is 96.8 Å². The van der Waals surface area contributed by atoms with Crippen LogP contribution in [-0.4, -0.2) is 20.4 Å². The summed E-state index contributed by atoms with van der Waals surface area (Å²) in [5.41, 5.74) is 1.22. The van der Waals surface area contributed by atoms with Gasteiger partial charge in [-0.25, -0.2) is 4.98 Å². The van der Waals surface area contributed by atoms with Crippen molar-refractivity contribution in [2.24, 2.45) is 7.05 Å². The number of aromatic nitrogens is 3. The molecular weight excluding hydrogens is 380 g/mol. The number of nitrogens with one attached hydrogen (secondary N) is 1. The molecule has 150 valence electrons. The molecule has 0 atom stereocenters. The summed E-state index contributed by atoms with van der Waals surface area (Å²) in [7, 11) is 1.91. The number of pyridine rings is 1. The number of anilines is 1. The SMILES string of the molecule is Cn1ccnc1COc1ccc(C(=O)Nc2ccc(Oc3ccncc3)cc2)cc1. The zero-order valence-electron chi connectivity index (χ0n) is 16.4. The molecule has 1 N–H and O–H groups in total. The van der Waals surface area contributed by atoms with Gasteiger partial charge >= 0.3 is 0 Å². The molecule has 30 heavy (non-hydrogen) atoms. The van der Waals surface area contributed by atoms with E-state index in [9.17, 15) is 4.79 Å². The third kappa shape index (κ3) is 4.82. The first-order valence-electron chi connectivity index (χ1n) is 9.36. The summed E-state index contributed by atoms with van der Waals surface area (Å²) in [6.07, 6.45) is 6.92. The van der Waals surface area contributed by atoms with E-state index in [-0.39, 0.29) is 5.91 Å². The van der Waals surface area contributed by atoms with Gasteiger partial charge in [0.15, 0.2) is 0 Å². The lowest BCUT2D eigenvalue weighted by Gasteiger charge is -2.09. The molecule has 0 aliphatic carbocycles. The van der Waals surface area contributed by atoms with Gasteiger partial charge in [0.2, 0.25) is 0 Å². The lowest BCUT2D eigenvalue weighted by Crippen LogP contribution is -2.11. The fourth-order valence-electron chi connectivity index (χ4n) is 2.74. The molecule has 0 radical (unpaired) electrons. The van der Waals surface area contributed by atoms with Crippen molar-refractivity contribution in [2.45, 2.75) is 6.61 Å². The van der Waals surface area contributed by atoms with Crippen LogP contribution in [-0.2, 0) is 13.7 Å². The maximum absolute atomic E-state index is 12.5. The topological polar surface area (TPSA) is 78.3 Å². The maximum atomic E-state index is 12.5. The van der Waals surface area contributed by atoms with Crippen LogP contribution in [0.1, 0.15) is 16.2 Å². The standard InChI is InChI=1S/C23H20N4O3/c1-27-15-14-25-22(27)16-29-19-6-2-17(3-7-19)23(28)26-18-4-8-20(9-5-18)30-21-10-12-24-13-11-21/h2-15H,16H2,1H3,(H,26,28). The Bertz CT molecular complexity index is 1110. The van der Waals surface area contributed by atoms with Crippen LogP contribution in [0.4, 0.5) is 5.69 Å². The Morgan fingerprint density at radius 1 is 0.900 bits per heavy atom. The highest BCUT2D eigenvalue weighted by Gasteiger charge is 2.08. The molecule has 0 spiro atoms. The Morgan fingerprint density at radius 3 is 2.23 bits per heavy atom. The van der Waals surface area contributed by atoms with Crippen molar-refractivity contribution < 1.29 is 14.3 Å². The van der Waals surface area contributed by atoms with Crippen molar-refractivity contribution in [3.63, 3.8) is 0 Å². The Morgan fingerprint density at radius 2 is 1.57 bits per heavy atom. The highest BCUT2D eigenvalue weighted by Crippen LogP contribution is 2.23. The molecule has 0 fully saturated rings. The van der Waals surface area contributed by atoms with Gasteiger partial charge in [0.1, 0.15) is 29.7 Å². The predicted octanol–water partition coefficient (Wildman–Crippen LogP) is 4.44. The predicted molar refractivity (Wildman–Crippen MR) is 113 cm³/mol. The van der Waals surface area contributed by atoms with Gasteiger partial charge < -0.3 is 19.4 Å². The third-order valence-corrected chi connectivity index (χ3v) is 4.40. The lowest BCUT2D eigenvalue weighted by molar-refractivity contribution is 0.102. The van der Waals surface area contributed by atoms with Crippen LogP contribution < -0.4 is 14.8 Å². The number of benzene rings is 2. The molecule has 7 nitrogen and oxygen atoms in total. The van der Waals surface area contributed by atoms with Gasteiger partial charge in [-0.05, 0) is 60.7 Å². The van der Waals surface area contributed by atoms with E-state index in [1.54, 1.807) is 79.3 Å². The number of ether oxygens (including phenoxy) is 2. The van der Waals surface area contributed by atoms with Crippen molar-refractivity contribution >= 4 is 11.6 Å². The molecule has 1 amide bonds. The minimum atomic E-state index is -0.201. The van der Waals surface area contributed by atoms with Gasteiger partial charge in [-0.2, -0.15) is 0 Å². The highest BCUT2D eigenvalue weighted by atomic mass is 16.5. The number of aryl methyl sites for hydroxylation is 1. The molecule has 4 rings (SSSR count). The van der Waals surface area contributed by atoms with Gasteiger partial charge in [-0.15, -0.1) is 0 Å². The second-order valence-corrected chi connectivity index (χ2v) is 6.53. The van der Waals surface area contributed by atoms with Crippen molar-refractivity contribution in [3.8, 4) is 17.2 Å². The van der Waals surface area contributed by atoms with Gasteiger partial charge in [0.25, 0.3) is 5.91 Å². The first kappa shape index (κ1) is 19.2. The average molecular weight is 400 g/mol. The van der Waals surface area contributed by atoms with Crippen LogP contribution in [0, 0.1) is 0 Å². The Balaban J connectivity index is 1.32. The van der Waals surface area contributed by atoms with E-state index >= 15 is 0 Å². The molecular formula is C23H20N4O3. The number of rotatable bonds is 7. The Labute approximate surface area is 173 Å². The molecule has 4 aromatic rings. The Hall–Kier alpha value is -4.13. The summed E-state index contributed by atoms with van der Waals surface area (Å²) in [6.45, 7) is 0.364. The van der Waals surface area contributed by atoms with E-state index in [2.05, 4.69) is 15.3 Å². The monoisotopic (exact) mass is 400 g/mol. The van der Waals surface area contributed by atoms with E-state index < -0.39 is 0 Å². The van der Waals surface area contributed by atoms with Crippen LogP contribution in [0.25, 0.3) is 0 Å². The molecule has 0 aliphatic rings. The minimum Gasteiger partial charge on any atom is -0.486 e. The van der Waals surface area contributed by atoms with E-state index in [0.29, 0.717) is 35.1 Å². The van der Waals surface area contributed by atoms with Crippen molar-refractivity contribution in [2.75, 3.05) is 5.32 Å². The molecule has 2 aromatic carbocycles. The molecule has 2 aromatic heterocycles. The molecule has 0 saturated heterocycles. The van der Waals surface area contributed by atoms with E-state index in [0.717, 1.165) is 5.82 Å². The molecule has 0 aliphatic heterocycles. The van der Waals surface area contributed by atoms with Crippen LogP contribution in [0.15, 0.2) is 85.5 Å². The quantitative estimate of drug-likeness (QED) is 0.496. The average Bonchev–Trinajstić information content (AvgIpc) is 3.19. The van der Waals surface area contributed by atoms with Crippen molar-refractivity contribution in [1.82, 2.24) is 14.5 Å². The van der Waals surface area contributed by atoms with Crippen LogP contribution in [0.3, 0.4) is 0 Å². The largest absolute Gasteiger partial charge is 0.486 e. The summed E-state index contributed by atoms with van der Waals surface area (Å²) >= 11 is 0. The van der Waals surface area contributed by atoms with Gasteiger partial charge in [0.05, 0.1) is 0 Å². The number of carbonyl (C=O) groups excluding carboxylic acids is 1. The first-order valence-corrected chi connectivity index (χ1v) is 9.36. The highest BCUT2D eigenvalue weighted by molar-refractivity contribution is 6.04. The fourth-order valence-corrected chi connectivity index (χ4v) is 2.74. The summed E-state index contributed by atoms with van der Waals surface area (Å²) in [6, 6.07) is 17.7. The number of imidazole rings is 1. The number of amides is 1. The third-order valence-electron chi connectivity index (χ3n) is 4.40. The van der Waals surface area contributed by atoms with Gasteiger partial charge in [0, 0.05) is 43.1 Å². The number of carbonyl (C=O) groups is 1. The molecule has 0 unspecified atom stereocenters. The van der Waals surface area contributed by atoms with E-state index in [1.807, 2.05) is 17.8 Å². The first-order chi connectivity index (χ1) is 14.7. The summed E-state index contributed by atoms with van der Waals surface area (Å²) in [5, 5.41) is 2.87. The molecule has 0 bridgehead atoms. The summed E-state index contributed by atoms with van der Waals surface area (Å²) in [4.78, 5) is 20.7. The fraction of sp³-hybridized carbons (Fsp3) is 0.0870. The zero-order chi connectivity index (χ0) is 20.8. The van der Waals surface area contributed by atoms with Crippen LogP contribution in [0.5, 0.6) is 17.2 Å². The van der Waals surface area contributed by atoms with E-state index in [4.69, 9.17) is 9.47 Å². The van der Waals surface area contributed by atoms with Gasteiger partial charge in [-0.3, -0.25) is 9.78 Å². The normalized spacial score (nSPS) is 10.4. The summed E-state index contributed by atoms with van der Waals surface area (Å²) in [5.74, 6) is 2.68. The minimum absolute atomic E-state index is 0.201. The second kappa shape index (κ2) is 8.91. The van der Waals surface area contributed by atoms with Gasteiger partial charge in [-0.1, -0.05) is 0 Å². The van der Waals surface area contributed by atoms with Crippen LogP contribution in [0.2, 0.25) is 0 Å². The number of nitrogens with zero attached hydrogens (tertiary/aromatic N) is 3.